The minimum atomic E-state index is 0.379. The first-order valence-electron chi connectivity index (χ1n) is 6.21. The number of nitrogens with one attached hydrogen (secondary N) is 2. The Labute approximate surface area is 102 Å². The minimum absolute atomic E-state index is 0.379. The van der Waals surface area contributed by atoms with E-state index in [-0.39, 0.29) is 0 Å². The predicted molar refractivity (Wildman–Crippen MR) is 68.4 cm³/mol. The summed E-state index contributed by atoms with van der Waals surface area (Å²) in [6.07, 6.45) is 3.01. The fraction of sp³-hybridized carbons (Fsp3) is 0.667. The van der Waals surface area contributed by atoms with Gasteiger partial charge in [-0.15, -0.1) is 0 Å². The Hall–Kier alpha value is -1.36. The van der Waals surface area contributed by atoms with Crippen LogP contribution in [0.2, 0.25) is 0 Å². The van der Waals surface area contributed by atoms with Crippen LogP contribution in [0, 0.1) is 0 Å². The van der Waals surface area contributed by atoms with E-state index in [1.807, 2.05) is 13.1 Å². The molecule has 1 aromatic heterocycles. The topological polar surface area (TPSA) is 59.1 Å². The molecule has 0 radical (unpaired) electrons. The third-order valence-electron chi connectivity index (χ3n) is 2.78. The quantitative estimate of drug-likeness (QED) is 0.814. The molecule has 1 saturated heterocycles. The molecule has 5 nitrogen and oxygen atoms in total. The molecule has 1 aromatic rings. The zero-order valence-corrected chi connectivity index (χ0v) is 10.5. The van der Waals surface area contributed by atoms with Gasteiger partial charge in [0.1, 0.15) is 17.5 Å². The summed E-state index contributed by atoms with van der Waals surface area (Å²) in [5.74, 6) is 2.65. The maximum Gasteiger partial charge on any atom is 0.133 e. The maximum absolute atomic E-state index is 5.34. The zero-order chi connectivity index (χ0) is 12.1. The summed E-state index contributed by atoms with van der Waals surface area (Å²) < 4.78 is 5.34. The fourth-order valence-electron chi connectivity index (χ4n) is 1.89. The highest BCUT2D eigenvalue weighted by atomic mass is 16.5. The van der Waals surface area contributed by atoms with Crippen molar-refractivity contribution in [3.05, 3.63) is 11.9 Å². The van der Waals surface area contributed by atoms with Gasteiger partial charge >= 0.3 is 0 Å². The molecule has 1 unspecified atom stereocenters. The number of aromatic nitrogens is 2. The Morgan fingerprint density at radius 3 is 2.88 bits per heavy atom. The first-order valence-corrected chi connectivity index (χ1v) is 6.21. The van der Waals surface area contributed by atoms with E-state index in [9.17, 15) is 0 Å². The van der Waals surface area contributed by atoms with Crippen molar-refractivity contribution >= 4 is 11.6 Å². The summed E-state index contributed by atoms with van der Waals surface area (Å²) in [6.45, 7) is 3.73. The molecule has 0 spiro atoms. The lowest BCUT2D eigenvalue weighted by Crippen LogP contribution is -2.20. The van der Waals surface area contributed by atoms with E-state index in [0.29, 0.717) is 6.04 Å². The van der Waals surface area contributed by atoms with Crippen LogP contribution in [0.25, 0.3) is 0 Å². The summed E-state index contributed by atoms with van der Waals surface area (Å²) in [5, 5.41) is 6.47. The van der Waals surface area contributed by atoms with Crippen molar-refractivity contribution < 1.29 is 4.74 Å². The van der Waals surface area contributed by atoms with Gasteiger partial charge in [-0.3, -0.25) is 0 Å². The molecule has 1 aliphatic heterocycles. The van der Waals surface area contributed by atoms with Gasteiger partial charge < -0.3 is 15.4 Å². The van der Waals surface area contributed by atoms with Crippen molar-refractivity contribution in [2.75, 3.05) is 30.9 Å². The van der Waals surface area contributed by atoms with Gasteiger partial charge in [0.25, 0.3) is 0 Å². The highest BCUT2D eigenvalue weighted by molar-refractivity contribution is 5.47. The van der Waals surface area contributed by atoms with Crippen LogP contribution < -0.4 is 10.6 Å². The van der Waals surface area contributed by atoms with Crippen molar-refractivity contribution in [3.63, 3.8) is 0 Å². The Kier molecular flexibility index (Phi) is 4.14. The second-order valence-electron chi connectivity index (χ2n) is 4.26. The third-order valence-corrected chi connectivity index (χ3v) is 2.78. The summed E-state index contributed by atoms with van der Waals surface area (Å²) in [4.78, 5) is 8.94. The highest BCUT2D eigenvalue weighted by Gasteiger charge is 2.16. The van der Waals surface area contributed by atoms with Crippen LogP contribution in [-0.2, 0) is 11.2 Å². The van der Waals surface area contributed by atoms with Crippen molar-refractivity contribution in [2.45, 2.75) is 32.2 Å². The lowest BCUT2D eigenvalue weighted by Gasteiger charge is -2.13. The second-order valence-corrected chi connectivity index (χ2v) is 4.26. The fourth-order valence-corrected chi connectivity index (χ4v) is 1.89. The molecule has 1 fully saturated rings. The van der Waals surface area contributed by atoms with Crippen LogP contribution in [0.1, 0.15) is 25.6 Å². The number of ether oxygens (including phenoxy) is 1. The molecule has 17 heavy (non-hydrogen) atoms. The van der Waals surface area contributed by atoms with E-state index in [4.69, 9.17) is 4.74 Å². The van der Waals surface area contributed by atoms with E-state index in [0.717, 1.165) is 49.9 Å². The molecule has 0 amide bonds. The normalized spacial score (nSPS) is 19.3. The average molecular weight is 236 g/mol. The molecule has 94 valence electrons. The van der Waals surface area contributed by atoms with E-state index >= 15 is 0 Å². The Morgan fingerprint density at radius 1 is 1.41 bits per heavy atom. The molecule has 2 N–H and O–H groups in total. The van der Waals surface area contributed by atoms with E-state index in [1.165, 1.54) is 0 Å². The SMILES string of the molecule is CCCc1nc(NC)cc(NC2CCOC2)n1. The molecule has 1 atom stereocenters. The number of hydrogen-bond acceptors (Lipinski definition) is 5. The third kappa shape index (κ3) is 3.30. The molecule has 2 heterocycles. The predicted octanol–water partition coefficient (Wildman–Crippen LogP) is 1.67. The summed E-state index contributed by atoms with van der Waals surface area (Å²) in [5.41, 5.74) is 0. The first-order chi connectivity index (χ1) is 8.31. The van der Waals surface area contributed by atoms with E-state index in [2.05, 4.69) is 27.5 Å². The van der Waals surface area contributed by atoms with Gasteiger partial charge in [0.2, 0.25) is 0 Å². The van der Waals surface area contributed by atoms with Crippen LogP contribution in [-0.4, -0.2) is 36.3 Å². The minimum Gasteiger partial charge on any atom is -0.379 e. The average Bonchev–Trinajstić information content (AvgIpc) is 2.82. The summed E-state index contributed by atoms with van der Waals surface area (Å²) in [7, 11) is 1.88. The molecule has 0 bridgehead atoms. The van der Waals surface area contributed by atoms with Crippen molar-refractivity contribution in [1.29, 1.82) is 0 Å². The molecule has 0 saturated carbocycles. The molecule has 2 rings (SSSR count). The Bertz CT molecular complexity index is 364. The molecule has 1 aliphatic rings. The standard InChI is InChI=1S/C12H20N4O/c1-3-4-10-15-11(13-2)7-12(16-10)14-9-5-6-17-8-9/h7,9H,3-6,8H2,1-2H3,(H2,13,14,15,16). The van der Waals surface area contributed by atoms with Gasteiger partial charge in [0, 0.05) is 26.1 Å². The number of anilines is 2. The van der Waals surface area contributed by atoms with Crippen LogP contribution in [0.15, 0.2) is 6.07 Å². The lowest BCUT2D eigenvalue weighted by atomic mass is 10.2. The Balaban J connectivity index is 2.10. The number of rotatable bonds is 5. The molecular weight excluding hydrogens is 216 g/mol. The monoisotopic (exact) mass is 236 g/mol. The molecule has 5 heteroatoms. The molecular formula is C12H20N4O. The second kappa shape index (κ2) is 5.82. The van der Waals surface area contributed by atoms with Crippen molar-refractivity contribution in [1.82, 2.24) is 9.97 Å². The van der Waals surface area contributed by atoms with Crippen molar-refractivity contribution in [3.8, 4) is 0 Å². The van der Waals surface area contributed by atoms with Gasteiger partial charge in [-0.25, -0.2) is 9.97 Å². The van der Waals surface area contributed by atoms with Crippen LogP contribution in [0.5, 0.6) is 0 Å². The van der Waals surface area contributed by atoms with Crippen LogP contribution in [0.4, 0.5) is 11.6 Å². The number of hydrogen-bond donors (Lipinski definition) is 2. The van der Waals surface area contributed by atoms with Crippen LogP contribution in [0.3, 0.4) is 0 Å². The van der Waals surface area contributed by atoms with Gasteiger partial charge in [-0.05, 0) is 12.8 Å². The largest absolute Gasteiger partial charge is 0.379 e. The van der Waals surface area contributed by atoms with Gasteiger partial charge in [-0.2, -0.15) is 0 Å². The van der Waals surface area contributed by atoms with E-state index < -0.39 is 0 Å². The van der Waals surface area contributed by atoms with Gasteiger partial charge in [0.05, 0.1) is 12.6 Å². The smallest absolute Gasteiger partial charge is 0.133 e. The lowest BCUT2D eigenvalue weighted by molar-refractivity contribution is 0.195. The zero-order valence-electron chi connectivity index (χ0n) is 10.5. The molecule has 0 aromatic carbocycles. The van der Waals surface area contributed by atoms with Crippen LogP contribution >= 0.6 is 0 Å². The first kappa shape index (κ1) is 12.1. The number of nitrogens with zero attached hydrogens (tertiary/aromatic N) is 2. The Morgan fingerprint density at radius 2 is 2.24 bits per heavy atom. The van der Waals surface area contributed by atoms with Gasteiger partial charge in [-0.1, -0.05) is 6.92 Å². The number of aryl methyl sites for hydroxylation is 1. The van der Waals surface area contributed by atoms with Gasteiger partial charge in [0.15, 0.2) is 0 Å². The van der Waals surface area contributed by atoms with E-state index in [1.54, 1.807) is 0 Å². The summed E-state index contributed by atoms with van der Waals surface area (Å²) in [6, 6.07) is 2.32. The van der Waals surface area contributed by atoms with Crippen molar-refractivity contribution in [2.24, 2.45) is 0 Å². The highest BCUT2D eigenvalue weighted by Crippen LogP contribution is 2.15. The maximum atomic E-state index is 5.34. The summed E-state index contributed by atoms with van der Waals surface area (Å²) >= 11 is 0. The molecule has 0 aliphatic carbocycles.